The van der Waals surface area contributed by atoms with Crippen LogP contribution < -0.4 is 5.43 Å². The Kier molecular flexibility index (Phi) is 6.44. The van der Waals surface area contributed by atoms with E-state index >= 15 is 0 Å². The molecule has 3 aromatic rings. The van der Waals surface area contributed by atoms with E-state index < -0.39 is 0 Å². The molecule has 0 bridgehead atoms. The summed E-state index contributed by atoms with van der Waals surface area (Å²) in [7, 11) is 0. The third-order valence-corrected chi connectivity index (χ3v) is 5.24. The first-order valence-electron chi connectivity index (χ1n) is 9.45. The van der Waals surface area contributed by atoms with E-state index in [4.69, 9.17) is 9.47 Å². The third kappa shape index (κ3) is 5.25. The predicted octanol–water partition coefficient (Wildman–Crippen LogP) is 4.95. The fraction of sp³-hybridized carbons (Fsp3) is 0.273. The summed E-state index contributed by atoms with van der Waals surface area (Å²) < 4.78 is 11.4. The highest BCUT2D eigenvalue weighted by atomic mass is 32.1. The minimum absolute atomic E-state index is 0.257. The van der Waals surface area contributed by atoms with Gasteiger partial charge < -0.3 is 9.47 Å². The number of ether oxygens (including phenoxy) is 2. The van der Waals surface area contributed by atoms with Crippen molar-refractivity contribution in [3.05, 3.63) is 71.1 Å². The molecule has 1 aliphatic heterocycles. The van der Waals surface area contributed by atoms with Gasteiger partial charge in [-0.1, -0.05) is 48.5 Å². The Bertz CT molecular complexity index is 905. The number of hydrogen-bond acceptors (Lipinski definition) is 6. The molecule has 2 aromatic carbocycles. The van der Waals surface area contributed by atoms with Crippen molar-refractivity contribution in [2.45, 2.75) is 25.6 Å². The Morgan fingerprint density at radius 3 is 3.00 bits per heavy atom. The maximum Gasteiger partial charge on any atom is 0.203 e. The lowest BCUT2D eigenvalue weighted by atomic mass is 10.1. The van der Waals surface area contributed by atoms with Crippen LogP contribution in [0.2, 0.25) is 0 Å². The Labute approximate surface area is 169 Å². The van der Waals surface area contributed by atoms with Crippen LogP contribution in [0.15, 0.2) is 65.1 Å². The van der Waals surface area contributed by atoms with Gasteiger partial charge in [0.2, 0.25) is 5.13 Å². The van der Waals surface area contributed by atoms with Gasteiger partial charge in [0.1, 0.15) is 0 Å². The van der Waals surface area contributed by atoms with Crippen LogP contribution in [0.1, 0.15) is 24.0 Å². The summed E-state index contributed by atoms with van der Waals surface area (Å²) in [5.41, 5.74) is 7.21. The molecule has 2 heterocycles. The molecule has 6 heteroatoms. The third-order valence-electron chi connectivity index (χ3n) is 4.50. The van der Waals surface area contributed by atoms with E-state index in [1.165, 1.54) is 11.3 Å². The van der Waals surface area contributed by atoms with Gasteiger partial charge in [0.15, 0.2) is 0 Å². The number of hydrogen-bond donors (Lipinski definition) is 1. The normalized spacial score (nSPS) is 16.6. The molecule has 5 nitrogen and oxygen atoms in total. The molecule has 1 fully saturated rings. The molecule has 1 aromatic heterocycles. The molecule has 0 amide bonds. The molecule has 1 saturated heterocycles. The summed E-state index contributed by atoms with van der Waals surface area (Å²) in [5, 5.41) is 7.11. The number of rotatable bonds is 8. The van der Waals surface area contributed by atoms with Crippen molar-refractivity contribution in [1.29, 1.82) is 0 Å². The van der Waals surface area contributed by atoms with Crippen molar-refractivity contribution in [2.24, 2.45) is 5.10 Å². The van der Waals surface area contributed by atoms with E-state index in [0.29, 0.717) is 13.2 Å². The summed E-state index contributed by atoms with van der Waals surface area (Å²) in [5.74, 6) is 0. The number of aromatic nitrogens is 1. The Morgan fingerprint density at radius 1 is 1.21 bits per heavy atom. The molecule has 0 saturated carbocycles. The van der Waals surface area contributed by atoms with Crippen LogP contribution >= 0.6 is 11.3 Å². The second-order valence-electron chi connectivity index (χ2n) is 6.67. The van der Waals surface area contributed by atoms with E-state index in [2.05, 4.69) is 39.8 Å². The number of hydrazone groups is 1. The van der Waals surface area contributed by atoms with Crippen LogP contribution in [0.25, 0.3) is 11.3 Å². The maximum atomic E-state index is 5.78. The van der Waals surface area contributed by atoms with Crippen molar-refractivity contribution < 1.29 is 9.47 Å². The van der Waals surface area contributed by atoms with Gasteiger partial charge >= 0.3 is 0 Å². The molecule has 1 atom stereocenters. The Balaban J connectivity index is 1.29. The van der Waals surface area contributed by atoms with Crippen LogP contribution in [0.4, 0.5) is 5.13 Å². The number of anilines is 1. The summed E-state index contributed by atoms with van der Waals surface area (Å²) in [6, 6.07) is 18.3. The first-order valence-corrected chi connectivity index (χ1v) is 10.3. The highest BCUT2D eigenvalue weighted by Gasteiger charge is 2.15. The lowest BCUT2D eigenvalue weighted by Gasteiger charge is -2.10. The molecular weight excluding hydrogens is 370 g/mol. The van der Waals surface area contributed by atoms with Crippen LogP contribution in [-0.4, -0.2) is 30.5 Å². The minimum Gasteiger partial charge on any atom is -0.376 e. The summed E-state index contributed by atoms with van der Waals surface area (Å²) in [6.07, 6.45) is 4.29. The Hall–Kier alpha value is -2.54. The summed E-state index contributed by atoms with van der Waals surface area (Å²) in [6.45, 7) is 2.11. The molecule has 144 valence electrons. The Morgan fingerprint density at radius 2 is 2.14 bits per heavy atom. The van der Waals surface area contributed by atoms with Crippen LogP contribution in [0, 0.1) is 0 Å². The lowest BCUT2D eigenvalue weighted by molar-refractivity contribution is 0.0106. The van der Waals surface area contributed by atoms with Crippen molar-refractivity contribution in [2.75, 3.05) is 18.6 Å². The summed E-state index contributed by atoms with van der Waals surface area (Å²) in [4.78, 5) is 4.57. The molecule has 4 rings (SSSR count). The molecular formula is C22H23N3O2S. The molecule has 28 heavy (non-hydrogen) atoms. The standard InChI is InChI=1S/C22H23N3O2S/c1-2-8-19(9-3-1)21-16-28-22(24-21)25-23-13-17-6-4-7-18(12-17)14-26-15-20-10-5-11-27-20/h1-4,6-9,12-13,16,20H,5,10-11,14-15H2,(H,24,25). The number of nitrogens with one attached hydrogen (secondary N) is 1. The zero-order valence-corrected chi connectivity index (χ0v) is 16.4. The van der Waals surface area contributed by atoms with Gasteiger partial charge in [0, 0.05) is 17.6 Å². The molecule has 0 spiro atoms. The quantitative estimate of drug-likeness (QED) is 0.434. The lowest BCUT2D eigenvalue weighted by Crippen LogP contribution is -2.13. The monoisotopic (exact) mass is 393 g/mol. The molecule has 1 aliphatic rings. The van der Waals surface area contributed by atoms with Crippen molar-refractivity contribution >= 4 is 22.7 Å². The first-order chi connectivity index (χ1) is 13.9. The van der Waals surface area contributed by atoms with Gasteiger partial charge in [0.05, 0.1) is 31.2 Å². The summed E-state index contributed by atoms with van der Waals surface area (Å²) >= 11 is 1.54. The zero-order valence-electron chi connectivity index (χ0n) is 15.6. The fourth-order valence-corrected chi connectivity index (χ4v) is 3.74. The smallest absolute Gasteiger partial charge is 0.203 e. The van der Waals surface area contributed by atoms with Crippen molar-refractivity contribution in [1.82, 2.24) is 4.98 Å². The highest BCUT2D eigenvalue weighted by molar-refractivity contribution is 7.14. The topological polar surface area (TPSA) is 55.7 Å². The van der Waals surface area contributed by atoms with Gasteiger partial charge in [-0.25, -0.2) is 4.98 Å². The van der Waals surface area contributed by atoms with Gasteiger partial charge in [-0.2, -0.15) is 5.10 Å². The second kappa shape index (κ2) is 9.59. The molecule has 1 N–H and O–H groups in total. The number of nitrogens with zero attached hydrogens (tertiary/aromatic N) is 2. The minimum atomic E-state index is 0.257. The van der Waals surface area contributed by atoms with Gasteiger partial charge in [-0.15, -0.1) is 11.3 Å². The van der Waals surface area contributed by atoms with E-state index in [1.807, 2.05) is 35.7 Å². The molecule has 1 unspecified atom stereocenters. The van der Waals surface area contributed by atoms with Crippen molar-refractivity contribution in [3.8, 4) is 11.3 Å². The van der Waals surface area contributed by atoms with Crippen molar-refractivity contribution in [3.63, 3.8) is 0 Å². The van der Waals surface area contributed by atoms with E-state index in [-0.39, 0.29) is 6.10 Å². The number of benzene rings is 2. The maximum absolute atomic E-state index is 5.78. The molecule has 0 radical (unpaired) electrons. The fourth-order valence-electron chi connectivity index (χ4n) is 3.08. The SMILES string of the molecule is C(=NNc1nc(-c2ccccc2)cs1)c1cccc(COCC2CCCO2)c1. The van der Waals surface area contributed by atoms with E-state index in [1.54, 1.807) is 6.21 Å². The van der Waals surface area contributed by atoms with Crippen LogP contribution in [-0.2, 0) is 16.1 Å². The average Bonchev–Trinajstić information content (AvgIpc) is 3.41. The van der Waals surface area contributed by atoms with E-state index in [9.17, 15) is 0 Å². The van der Waals surface area contributed by atoms with Gasteiger partial charge in [-0.05, 0) is 30.0 Å². The van der Waals surface area contributed by atoms with Crippen LogP contribution in [0.3, 0.4) is 0 Å². The average molecular weight is 394 g/mol. The van der Waals surface area contributed by atoms with Crippen LogP contribution in [0.5, 0.6) is 0 Å². The largest absolute Gasteiger partial charge is 0.376 e. The second-order valence-corrected chi connectivity index (χ2v) is 7.53. The highest BCUT2D eigenvalue weighted by Crippen LogP contribution is 2.24. The molecule has 0 aliphatic carbocycles. The predicted molar refractivity (Wildman–Crippen MR) is 114 cm³/mol. The zero-order chi connectivity index (χ0) is 19.0. The first kappa shape index (κ1) is 18.8. The van der Waals surface area contributed by atoms with E-state index in [0.717, 1.165) is 47.0 Å². The van der Waals surface area contributed by atoms with Gasteiger partial charge in [0.25, 0.3) is 0 Å². The van der Waals surface area contributed by atoms with Gasteiger partial charge in [-0.3, -0.25) is 5.43 Å². The number of thiazole rings is 1.